The van der Waals surface area contributed by atoms with E-state index in [2.05, 4.69) is 11.9 Å². The second-order valence-electron chi connectivity index (χ2n) is 7.90. The molecule has 0 saturated carbocycles. The molecule has 33 heavy (non-hydrogen) atoms. The van der Waals surface area contributed by atoms with Crippen molar-refractivity contribution in [2.45, 2.75) is 37.0 Å². The maximum Gasteiger partial charge on any atom is 0.257 e. The first kappa shape index (κ1) is 24.8. The Balaban J connectivity index is 1.45. The maximum absolute atomic E-state index is 12.9. The first-order valence-corrected chi connectivity index (χ1v) is 12.8. The normalized spacial score (nSPS) is 14.8. The van der Waals surface area contributed by atoms with Crippen LogP contribution in [-0.4, -0.2) is 51.5 Å². The molecule has 0 bridgehead atoms. The lowest BCUT2D eigenvalue weighted by molar-refractivity contribution is -0.123. The van der Waals surface area contributed by atoms with E-state index in [4.69, 9.17) is 9.47 Å². The summed E-state index contributed by atoms with van der Waals surface area (Å²) in [7, 11) is -3.45. The Morgan fingerprint density at radius 2 is 1.61 bits per heavy atom. The number of amides is 1. The highest BCUT2D eigenvalue weighted by molar-refractivity contribution is 7.89. The molecule has 0 radical (unpaired) electrons. The SMILES string of the molecule is C=CCOc1ccccc1OCC(=O)NCCc1ccc(S(=O)(=O)N2CCCCCC2)cc1. The molecule has 1 N–H and O–H groups in total. The van der Waals surface area contributed by atoms with Crippen molar-refractivity contribution in [3.8, 4) is 11.5 Å². The molecule has 0 aromatic heterocycles. The summed E-state index contributed by atoms with van der Waals surface area (Å²) in [6.45, 7) is 5.44. The van der Waals surface area contributed by atoms with Crippen molar-refractivity contribution in [2.75, 3.05) is 32.8 Å². The molecule has 2 aromatic rings. The van der Waals surface area contributed by atoms with Crippen LogP contribution in [0.15, 0.2) is 66.1 Å². The van der Waals surface area contributed by atoms with Crippen LogP contribution in [0.4, 0.5) is 0 Å². The number of hydrogen-bond donors (Lipinski definition) is 1. The number of nitrogens with zero attached hydrogens (tertiary/aromatic N) is 1. The standard InChI is InChI=1S/C25H32N2O5S/c1-2-19-31-23-9-5-6-10-24(23)32-20-25(28)26-16-15-21-11-13-22(14-12-21)33(29,30)27-17-7-3-4-8-18-27/h2,5-6,9-14H,1,3-4,7-8,15-20H2,(H,26,28). The van der Waals surface area contributed by atoms with Gasteiger partial charge in [0.25, 0.3) is 5.91 Å². The van der Waals surface area contributed by atoms with E-state index in [9.17, 15) is 13.2 Å². The number of para-hydroxylation sites is 2. The zero-order chi connectivity index (χ0) is 23.5. The first-order chi connectivity index (χ1) is 16.0. The van der Waals surface area contributed by atoms with Gasteiger partial charge in [-0.05, 0) is 49.1 Å². The summed E-state index contributed by atoms with van der Waals surface area (Å²) in [6, 6.07) is 14.1. The Hall–Kier alpha value is -2.84. The summed E-state index contributed by atoms with van der Waals surface area (Å²) >= 11 is 0. The van der Waals surface area contributed by atoms with Gasteiger partial charge < -0.3 is 14.8 Å². The molecule has 0 unspecified atom stereocenters. The van der Waals surface area contributed by atoms with Gasteiger partial charge >= 0.3 is 0 Å². The van der Waals surface area contributed by atoms with Gasteiger partial charge in [-0.1, -0.05) is 49.8 Å². The molecule has 8 heteroatoms. The van der Waals surface area contributed by atoms with Crippen molar-refractivity contribution in [3.05, 3.63) is 66.7 Å². The summed E-state index contributed by atoms with van der Waals surface area (Å²) < 4.78 is 38.4. The van der Waals surface area contributed by atoms with E-state index in [0.717, 1.165) is 31.2 Å². The van der Waals surface area contributed by atoms with Crippen molar-refractivity contribution in [1.29, 1.82) is 0 Å². The molecule has 0 aliphatic carbocycles. The molecular formula is C25H32N2O5S. The average molecular weight is 473 g/mol. The van der Waals surface area contributed by atoms with Crippen molar-refractivity contribution >= 4 is 15.9 Å². The van der Waals surface area contributed by atoms with Crippen LogP contribution in [-0.2, 0) is 21.2 Å². The van der Waals surface area contributed by atoms with Crippen LogP contribution in [0.3, 0.4) is 0 Å². The number of hydrogen-bond acceptors (Lipinski definition) is 5. The topological polar surface area (TPSA) is 84.9 Å². The van der Waals surface area contributed by atoms with Crippen LogP contribution < -0.4 is 14.8 Å². The van der Waals surface area contributed by atoms with Gasteiger partial charge in [0.05, 0.1) is 4.90 Å². The largest absolute Gasteiger partial charge is 0.486 e. The highest BCUT2D eigenvalue weighted by atomic mass is 32.2. The zero-order valence-electron chi connectivity index (χ0n) is 18.9. The van der Waals surface area contributed by atoms with Gasteiger partial charge in [-0.2, -0.15) is 4.31 Å². The lowest BCUT2D eigenvalue weighted by Gasteiger charge is -2.20. The molecule has 2 aromatic carbocycles. The monoisotopic (exact) mass is 472 g/mol. The Bertz CT molecular complexity index is 1010. The molecule has 0 atom stereocenters. The van der Waals surface area contributed by atoms with Crippen LogP contribution in [0.2, 0.25) is 0 Å². The molecule has 1 fully saturated rings. The van der Waals surface area contributed by atoms with E-state index in [1.807, 2.05) is 12.1 Å². The fraction of sp³-hybridized carbons (Fsp3) is 0.400. The third kappa shape index (κ3) is 7.33. The zero-order valence-corrected chi connectivity index (χ0v) is 19.7. The number of sulfonamides is 1. The van der Waals surface area contributed by atoms with Gasteiger partial charge in [0.2, 0.25) is 10.0 Å². The third-order valence-corrected chi connectivity index (χ3v) is 7.34. The van der Waals surface area contributed by atoms with E-state index >= 15 is 0 Å². The fourth-order valence-corrected chi connectivity index (χ4v) is 5.15. The lowest BCUT2D eigenvalue weighted by atomic mass is 10.1. The number of rotatable bonds is 11. The van der Waals surface area contributed by atoms with E-state index < -0.39 is 10.0 Å². The van der Waals surface area contributed by atoms with Crippen molar-refractivity contribution in [1.82, 2.24) is 9.62 Å². The van der Waals surface area contributed by atoms with Crippen LogP contribution in [0.1, 0.15) is 31.2 Å². The van der Waals surface area contributed by atoms with Gasteiger partial charge in [-0.25, -0.2) is 8.42 Å². The predicted octanol–water partition coefficient (Wildman–Crippen LogP) is 3.55. The summed E-state index contributed by atoms with van der Waals surface area (Å²) in [6.07, 6.45) is 6.21. The summed E-state index contributed by atoms with van der Waals surface area (Å²) in [4.78, 5) is 12.5. The molecule has 178 valence electrons. The number of carbonyl (C=O) groups excluding carboxylic acids is 1. The van der Waals surface area contributed by atoms with E-state index in [1.54, 1.807) is 46.8 Å². The molecule has 0 spiro atoms. The average Bonchev–Trinajstić information content (AvgIpc) is 3.13. The van der Waals surface area contributed by atoms with Crippen molar-refractivity contribution < 1.29 is 22.7 Å². The van der Waals surface area contributed by atoms with Gasteiger partial charge in [0.1, 0.15) is 6.61 Å². The number of benzene rings is 2. The van der Waals surface area contributed by atoms with E-state index in [1.165, 1.54) is 0 Å². The minimum absolute atomic E-state index is 0.124. The van der Waals surface area contributed by atoms with Crippen molar-refractivity contribution in [3.63, 3.8) is 0 Å². The second kappa shape index (κ2) is 12.4. The predicted molar refractivity (Wildman–Crippen MR) is 128 cm³/mol. The lowest BCUT2D eigenvalue weighted by Crippen LogP contribution is -2.32. The van der Waals surface area contributed by atoms with Crippen LogP contribution in [0, 0.1) is 0 Å². The number of nitrogens with one attached hydrogen (secondary N) is 1. The molecule has 1 aliphatic rings. The van der Waals surface area contributed by atoms with E-state index in [0.29, 0.717) is 49.1 Å². The van der Waals surface area contributed by atoms with Gasteiger partial charge in [-0.15, -0.1) is 0 Å². The quantitative estimate of drug-likeness (QED) is 0.506. The fourth-order valence-electron chi connectivity index (χ4n) is 3.64. The Morgan fingerprint density at radius 1 is 0.970 bits per heavy atom. The first-order valence-electron chi connectivity index (χ1n) is 11.3. The summed E-state index contributed by atoms with van der Waals surface area (Å²) in [5.74, 6) is 0.810. The molecule has 1 amide bonds. The summed E-state index contributed by atoms with van der Waals surface area (Å²) in [5, 5.41) is 2.82. The van der Waals surface area contributed by atoms with Crippen LogP contribution in [0.25, 0.3) is 0 Å². The van der Waals surface area contributed by atoms with E-state index in [-0.39, 0.29) is 12.5 Å². The molecule has 1 saturated heterocycles. The summed E-state index contributed by atoms with van der Waals surface area (Å²) in [5.41, 5.74) is 0.953. The van der Waals surface area contributed by atoms with Crippen LogP contribution in [0.5, 0.6) is 11.5 Å². The molecule has 3 rings (SSSR count). The highest BCUT2D eigenvalue weighted by Gasteiger charge is 2.24. The second-order valence-corrected chi connectivity index (χ2v) is 9.84. The third-order valence-electron chi connectivity index (χ3n) is 5.43. The Labute approximate surface area is 196 Å². The van der Waals surface area contributed by atoms with Gasteiger partial charge in [0, 0.05) is 19.6 Å². The molecule has 1 aliphatic heterocycles. The molecular weight excluding hydrogens is 440 g/mol. The minimum Gasteiger partial charge on any atom is -0.486 e. The molecule has 7 nitrogen and oxygen atoms in total. The highest BCUT2D eigenvalue weighted by Crippen LogP contribution is 2.26. The minimum atomic E-state index is -3.45. The van der Waals surface area contributed by atoms with Crippen LogP contribution >= 0.6 is 0 Å². The van der Waals surface area contributed by atoms with Gasteiger partial charge in [-0.3, -0.25) is 4.79 Å². The Kier molecular flexibility index (Phi) is 9.33. The molecule has 1 heterocycles. The van der Waals surface area contributed by atoms with Crippen molar-refractivity contribution in [2.24, 2.45) is 0 Å². The Morgan fingerprint density at radius 3 is 2.24 bits per heavy atom. The number of carbonyl (C=O) groups is 1. The van der Waals surface area contributed by atoms with Gasteiger partial charge in [0.15, 0.2) is 18.1 Å². The number of ether oxygens (including phenoxy) is 2. The maximum atomic E-state index is 12.9. The smallest absolute Gasteiger partial charge is 0.257 e.